The van der Waals surface area contributed by atoms with Gasteiger partial charge in [0.2, 0.25) is 0 Å². The summed E-state index contributed by atoms with van der Waals surface area (Å²) in [5, 5.41) is 8.74. The second-order valence-corrected chi connectivity index (χ2v) is 1.95. The lowest BCUT2D eigenvalue weighted by atomic mass is 10.8. The topological polar surface area (TPSA) is 99.0 Å². The van der Waals surface area contributed by atoms with Crippen molar-refractivity contribution < 1.29 is 24.1 Å². The molecular weight excluding hydrogens is 196 g/mol. The second-order valence-electron chi connectivity index (χ2n) is 1.95. The Balaban J connectivity index is 4.51. The molecule has 0 spiro atoms. The van der Waals surface area contributed by atoms with Crippen LogP contribution in [0, 0.1) is 10.1 Å². The van der Waals surface area contributed by atoms with E-state index in [1.54, 1.807) is 0 Å². The van der Waals surface area contributed by atoms with Gasteiger partial charge in [-0.05, 0) is 13.8 Å². The van der Waals surface area contributed by atoms with Gasteiger partial charge in [-0.3, -0.25) is 0 Å². The standard InChI is InChI=1S/C6H10N2O6/c1-3-13-5(9)7(8(11)12)6(10)14-4-2/h3-4H2,1-2H3. The van der Waals surface area contributed by atoms with E-state index in [9.17, 15) is 19.7 Å². The van der Waals surface area contributed by atoms with E-state index in [4.69, 9.17) is 0 Å². The number of imide groups is 1. The first-order chi connectivity index (χ1) is 6.54. The Morgan fingerprint density at radius 3 is 1.79 bits per heavy atom. The third kappa shape index (κ3) is 3.25. The van der Waals surface area contributed by atoms with Gasteiger partial charge in [0.1, 0.15) is 0 Å². The number of ether oxygens (including phenoxy) is 2. The van der Waals surface area contributed by atoms with Crippen LogP contribution in [0.15, 0.2) is 0 Å². The molecule has 8 nitrogen and oxygen atoms in total. The molecule has 0 rings (SSSR count). The molecule has 0 N–H and O–H groups in total. The smallest absolute Gasteiger partial charge is 0.446 e. The first-order valence-corrected chi connectivity index (χ1v) is 3.82. The van der Waals surface area contributed by atoms with Crippen molar-refractivity contribution in [3.63, 3.8) is 0 Å². The zero-order valence-electron chi connectivity index (χ0n) is 7.76. The normalized spacial score (nSPS) is 9.00. The minimum absolute atomic E-state index is 0.0669. The molecule has 8 heteroatoms. The number of hydrazine groups is 1. The predicted molar refractivity (Wildman–Crippen MR) is 42.9 cm³/mol. The minimum atomic E-state index is -1.36. The van der Waals surface area contributed by atoms with E-state index in [-0.39, 0.29) is 18.2 Å². The van der Waals surface area contributed by atoms with E-state index in [2.05, 4.69) is 9.47 Å². The van der Waals surface area contributed by atoms with Crippen molar-refractivity contribution in [2.75, 3.05) is 13.2 Å². The first-order valence-electron chi connectivity index (χ1n) is 3.82. The largest absolute Gasteiger partial charge is 0.479 e. The quantitative estimate of drug-likeness (QED) is 0.500. The summed E-state index contributed by atoms with van der Waals surface area (Å²) >= 11 is 0. The Hall–Kier alpha value is -1.86. The Morgan fingerprint density at radius 2 is 1.57 bits per heavy atom. The highest BCUT2D eigenvalue weighted by atomic mass is 16.7. The van der Waals surface area contributed by atoms with Gasteiger partial charge in [-0.2, -0.15) is 0 Å². The molecule has 0 aromatic heterocycles. The van der Waals surface area contributed by atoms with Gasteiger partial charge in [-0.15, -0.1) is 0 Å². The average Bonchev–Trinajstić information content (AvgIpc) is 2.04. The van der Waals surface area contributed by atoms with Crippen LogP contribution in [-0.2, 0) is 9.47 Å². The van der Waals surface area contributed by atoms with Gasteiger partial charge in [0, 0.05) is 0 Å². The molecule has 0 aliphatic rings. The van der Waals surface area contributed by atoms with Gasteiger partial charge in [0.15, 0.2) is 5.03 Å². The fourth-order valence-corrected chi connectivity index (χ4v) is 0.577. The summed E-state index contributed by atoms with van der Waals surface area (Å²) in [6.45, 7) is 2.79. The van der Waals surface area contributed by atoms with Gasteiger partial charge in [0.25, 0.3) is 0 Å². The third-order valence-corrected chi connectivity index (χ3v) is 1.04. The summed E-state index contributed by atoms with van der Waals surface area (Å²) in [5.41, 5.74) is 0. The number of rotatable bonds is 3. The highest BCUT2D eigenvalue weighted by molar-refractivity contribution is 5.85. The SMILES string of the molecule is CCOC(=O)N(C(=O)OCC)[N+](=O)[O-]. The van der Waals surface area contributed by atoms with Crippen molar-refractivity contribution in [3.8, 4) is 0 Å². The highest BCUT2D eigenvalue weighted by Gasteiger charge is 2.35. The molecule has 0 aromatic rings. The van der Waals surface area contributed by atoms with E-state index >= 15 is 0 Å². The van der Waals surface area contributed by atoms with Gasteiger partial charge >= 0.3 is 12.2 Å². The maximum Gasteiger partial charge on any atom is 0.479 e. The lowest BCUT2D eigenvalue weighted by Gasteiger charge is -2.08. The Labute approximate surface area is 79.5 Å². The van der Waals surface area contributed by atoms with Gasteiger partial charge < -0.3 is 9.47 Å². The van der Waals surface area contributed by atoms with Crippen LogP contribution in [0.3, 0.4) is 0 Å². The summed E-state index contributed by atoms with van der Waals surface area (Å²) in [4.78, 5) is 32.0. The minimum Gasteiger partial charge on any atom is -0.446 e. The predicted octanol–water partition coefficient (Wildman–Crippen LogP) is 0.793. The van der Waals surface area contributed by atoms with Crippen molar-refractivity contribution in [2.45, 2.75) is 13.8 Å². The summed E-state index contributed by atoms with van der Waals surface area (Å²) in [5.74, 6) is 0. The maximum atomic E-state index is 10.9. The molecule has 14 heavy (non-hydrogen) atoms. The molecule has 0 saturated heterocycles. The van der Waals surface area contributed by atoms with Crippen LogP contribution in [-0.4, -0.2) is 35.4 Å². The van der Waals surface area contributed by atoms with Crippen LogP contribution in [0.5, 0.6) is 0 Å². The van der Waals surface area contributed by atoms with Gasteiger partial charge in [-0.25, -0.2) is 19.7 Å². The van der Waals surface area contributed by atoms with Gasteiger partial charge in [0.05, 0.1) is 18.2 Å². The third-order valence-electron chi connectivity index (χ3n) is 1.04. The second kappa shape index (κ2) is 5.73. The molecule has 0 unspecified atom stereocenters. The number of hydrogen-bond acceptors (Lipinski definition) is 6. The zero-order valence-corrected chi connectivity index (χ0v) is 7.76. The molecule has 2 amide bonds. The van der Waals surface area contributed by atoms with Crippen LogP contribution >= 0.6 is 0 Å². The lowest BCUT2D eigenvalue weighted by molar-refractivity contribution is -0.616. The van der Waals surface area contributed by atoms with Crippen LogP contribution in [0.25, 0.3) is 0 Å². The molecule has 0 heterocycles. The van der Waals surface area contributed by atoms with E-state index in [0.29, 0.717) is 0 Å². The van der Waals surface area contributed by atoms with Crippen LogP contribution in [0.2, 0.25) is 0 Å². The molecule has 0 bridgehead atoms. The fourth-order valence-electron chi connectivity index (χ4n) is 0.577. The molecule has 0 aromatic carbocycles. The van der Waals surface area contributed by atoms with Crippen LogP contribution in [0.1, 0.15) is 13.8 Å². The summed E-state index contributed by atoms with van der Waals surface area (Å²) < 4.78 is 8.55. The molecule has 0 saturated carbocycles. The summed E-state index contributed by atoms with van der Waals surface area (Å²) in [6.07, 6.45) is -2.73. The molecule has 80 valence electrons. The Bertz CT molecular complexity index is 222. The molecule has 0 aliphatic heterocycles. The highest BCUT2D eigenvalue weighted by Crippen LogP contribution is 1.98. The molecule has 0 aliphatic carbocycles. The van der Waals surface area contributed by atoms with E-state index in [1.165, 1.54) is 13.8 Å². The summed E-state index contributed by atoms with van der Waals surface area (Å²) in [6, 6.07) is 0. The van der Waals surface area contributed by atoms with E-state index in [1.807, 2.05) is 0 Å². The number of nitro groups is 1. The average molecular weight is 206 g/mol. The number of carbonyl (C=O) groups is 2. The molecule has 0 atom stereocenters. The van der Waals surface area contributed by atoms with E-state index in [0.717, 1.165) is 0 Å². The van der Waals surface area contributed by atoms with Crippen molar-refractivity contribution >= 4 is 12.2 Å². The molecule has 0 radical (unpaired) electrons. The first kappa shape index (κ1) is 12.1. The van der Waals surface area contributed by atoms with E-state index < -0.39 is 17.2 Å². The Kier molecular flexibility index (Phi) is 4.97. The van der Waals surface area contributed by atoms with Crippen molar-refractivity contribution in [1.82, 2.24) is 5.01 Å². The van der Waals surface area contributed by atoms with Crippen molar-refractivity contribution in [3.05, 3.63) is 10.1 Å². The van der Waals surface area contributed by atoms with Gasteiger partial charge in [-0.1, -0.05) is 0 Å². The Morgan fingerprint density at radius 1 is 1.21 bits per heavy atom. The number of hydrogen-bond donors (Lipinski definition) is 0. The van der Waals surface area contributed by atoms with Crippen LogP contribution in [0.4, 0.5) is 9.59 Å². The van der Waals surface area contributed by atoms with Crippen molar-refractivity contribution in [2.24, 2.45) is 0 Å². The molecular formula is C6H10N2O6. The number of nitrogens with zero attached hydrogens (tertiary/aromatic N) is 2. The molecule has 0 fully saturated rings. The monoisotopic (exact) mass is 206 g/mol. The lowest BCUT2D eigenvalue weighted by Crippen LogP contribution is -2.42. The zero-order chi connectivity index (χ0) is 11.1. The summed E-state index contributed by atoms with van der Waals surface area (Å²) in [7, 11) is 0. The number of amides is 2. The number of carbonyl (C=O) groups excluding carboxylic acids is 2. The maximum absolute atomic E-state index is 10.9. The van der Waals surface area contributed by atoms with Crippen LogP contribution < -0.4 is 0 Å². The van der Waals surface area contributed by atoms with Crippen molar-refractivity contribution in [1.29, 1.82) is 0 Å². The fraction of sp³-hybridized carbons (Fsp3) is 0.667.